The van der Waals surface area contributed by atoms with Gasteiger partial charge in [0.05, 0.1) is 13.1 Å². The molecule has 0 unspecified atom stereocenters. The number of nitrogens with one attached hydrogen (secondary N) is 1. The molecule has 7 heteroatoms. The van der Waals surface area contributed by atoms with Crippen molar-refractivity contribution < 1.29 is 0 Å². The minimum atomic E-state index is 0. The first-order valence-corrected chi connectivity index (χ1v) is 8.22. The van der Waals surface area contributed by atoms with Gasteiger partial charge in [0.2, 0.25) is 0 Å². The van der Waals surface area contributed by atoms with Crippen molar-refractivity contribution in [3.63, 3.8) is 0 Å². The summed E-state index contributed by atoms with van der Waals surface area (Å²) in [4.78, 5) is 8.35. The zero-order valence-corrected chi connectivity index (χ0v) is 16.5. The summed E-state index contributed by atoms with van der Waals surface area (Å²) in [5.74, 6) is 0.517. The fraction of sp³-hybridized carbons (Fsp3) is 0.471. The van der Waals surface area contributed by atoms with Crippen LogP contribution in [0.3, 0.4) is 0 Å². The highest BCUT2D eigenvalue weighted by molar-refractivity contribution is 14.0. The number of rotatable bonds is 9. The summed E-state index contributed by atoms with van der Waals surface area (Å²) in [6.07, 6.45) is 8.15. The van der Waals surface area contributed by atoms with Crippen molar-refractivity contribution >= 4 is 29.9 Å². The lowest BCUT2D eigenvalue weighted by atomic mass is 10.1. The van der Waals surface area contributed by atoms with Crippen molar-refractivity contribution in [3.05, 3.63) is 48.0 Å². The number of aliphatic imine (C=N–C) groups is 1. The van der Waals surface area contributed by atoms with Crippen molar-refractivity contribution in [2.75, 3.05) is 6.54 Å². The lowest BCUT2D eigenvalue weighted by Crippen LogP contribution is -2.32. The average molecular weight is 442 g/mol. The zero-order chi connectivity index (χ0) is 16.3. The van der Waals surface area contributed by atoms with Crippen LogP contribution in [0.25, 0.3) is 0 Å². The van der Waals surface area contributed by atoms with E-state index in [0.717, 1.165) is 18.5 Å². The predicted octanol–water partition coefficient (Wildman–Crippen LogP) is 2.93. The second-order valence-corrected chi connectivity index (χ2v) is 5.60. The van der Waals surface area contributed by atoms with E-state index in [4.69, 9.17) is 5.73 Å². The first-order chi connectivity index (χ1) is 11.3. The molecule has 0 spiro atoms. The highest BCUT2D eigenvalue weighted by Crippen LogP contribution is 2.08. The van der Waals surface area contributed by atoms with Crippen molar-refractivity contribution in [2.24, 2.45) is 10.7 Å². The highest BCUT2D eigenvalue weighted by atomic mass is 127. The SMILES string of the molecule is CCCCCCNC(N)=NCc1cccc(Cn2cncn2)c1.I. The minimum Gasteiger partial charge on any atom is -0.370 e. The molecule has 3 N–H and O–H groups in total. The number of hydrogen-bond acceptors (Lipinski definition) is 3. The van der Waals surface area contributed by atoms with Gasteiger partial charge >= 0.3 is 0 Å². The molecule has 6 nitrogen and oxygen atoms in total. The molecule has 132 valence electrons. The lowest BCUT2D eigenvalue weighted by molar-refractivity contribution is 0.652. The lowest BCUT2D eigenvalue weighted by Gasteiger charge is -2.06. The average Bonchev–Trinajstić information content (AvgIpc) is 3.06. The number of aromatic nitrogens is 3. The van der Waals surface area contributed by atoms with Gasteiger partial charge in [-0.25, -0.2) is 14.7 Å². The van der Waals surface area contributed by atoms with Crippen molar-refractivity contribution in [1.82, 2.24) is 20.1 Å². The summed E-state index contributed by atoms with van der Waals surface area (Å²) in [6, 6.07) is 8.29. The normalized spacial score (nSPS) is 11.1. The molecule has 0 saturated carbocycles. The maximum absolute atomic E-state index is 5.90. The molecule has 0 radical (unpaired) electrons. The zero-order valence-electron chi connectivity index (χ0n) is 14.2. The van der Waals surface area contributed by atoms with Crippen LogP contribution < -0.4 is 11.1 Å². The molecule has 1 aromatic carbocycles. The van der Waals surface area contributed by atoms with Gasteiger partial charge in [-0.15, -0.1) is 24.0 Å². The topological polar surface area (TPSA) is 81.1 Å². The fourth-order valence-corrected chi connectivity index (χ4v) is 2.33. The van der Waals surface area contributed by atoms with Crippen LogP contribution in [0, 0.1) is 0 Å². The Morgan fingerprint density at radius 2 is 2.08 bits per heavy atom. The Labute approximate surface area is 161 Å². The van der Waals surface area contributed by atoms with Crippen LogP contribution >= 0.6 is 24.0 Å². The Hall–Kier alpha value is -1.64. The molecule has 0 saturated heterocycles. The molecule has 0 atom stereocenters. The number of guanidine groups is 1. The molecule has 2 rings (SSSR count). The molecule has 0 bridgehead atoms. The third kappa shape index (κ3) is 7.76. The molecular formula is C17H27IN6. The largest absolute Gasteiger partial charge is 0.370 e. The Bertz CT molecular complexity index is 597. The number of nitrogens with zero attached hydrogens (tertiary/aromatic N) is 4. The van der Waals surface area contributed by atoms with Crippen LogP contribution in [0.2, 0.25) is 0 Å². The quantitative estimate of drug-likeness (QED) is 0.271. The van der Waals surface area contributed by atoms with E-state index in [1.807, 2.05) is 6.07 Å². The smallest absolute Gasteiger partial charge is 0.188 e. The van der Waals surface area contributed by atoms with Crippen LogP contribution in [0.4, 0.5) is 0 Å². The van der Waals surface area contributed by atoms with Crippen LogP contribution in [-0.4, -0.2) is 27.3 Å². The number of hydrogen-bond donors (Lipinski definition) is 2. The second kappa shape index (κ2) is 11.8. The third-order valence-corrected chi connectivity index (χ3v) is 3.57. The molecule has 2 aromatic rings. The summed E-state index contributed by atoms with van der Waals surface area (Å²) < 4.78 is 1.80. The van der Waals surface area contributed by atoms with Crippen LogP contribution in [0.15, 0.2) is 41.9 Å². The molecule has 0 aliphatic carbocycles. The van der Waals surface area contributed by atoms with Gasteiger partial charge in [-0.05, 0) is 17.5 Å². The van der Waals surface area contributed by atoms with E-state index in [1.54, 1.807) is 17.3 Å². The standard InChI is InChI=1S/C17H26N6.HI/c1-2-3-4-5-9-20-17(18)21-11-15-7-6-8-16(10-15)12-23-14-19-13-22-23;/h6-8,10,13-14H,2-5,9,11-12H2,1H3,(H3,18,20,21);1H. The summed E-state index contributed by atoms with van der Waals surface area (Å²) in [6.45, 7) is 4.39. The Morgan fingerprint density at radius 1 is 1.25 bits per heavy atom. The van der Waals surface area contributed by atoms with Crippen LogP contribution in [-0.2, 0) is 13.1 Å². The first kappa shape index (κ1) is 20.4. The molecule has 0 aliphatic rings. The summed E-state index contributed by atoms with van der Waals surface area (Å²) in [7, 11) is 0. The molecular weight excluding hydrogens is 415 g/mol. The highest BCUT2D eigenvalue weighted by Gasteiger charge is 1.99. The molecule has 24 heavy (non-hydrogen) atoms. The Balaban J connectivity index is 0.00000288. The van der Waals surface area contributed by atoms with Crippen molar-refractivity contribution in [2.45, 2.75) is 45.7 Å². The van der Waals surface area contributed by atoms with Gasteiger partial charge < -0.3 is 11.1 Å². The van der Waals surface area contributed by atoms with Gasteiger partial charge in [0.25, 0.3) is 0 Å². The van der Waals surface area contributed by atoms with Gasteiger partial charge in [-0.3, -0.25) is 0 Å². The maximum Gasteiger partial charge on any atom is 0.188 e. The predicted molar refractivity (Wildman–Crippen MR) is 108 cm³/mol. The second-order valence-electron chi connectivity index (χ2n) is 5.60. The van der Waals surface area contributed by atoms with E-state index >= 15 is 0 Å². The van der Waals surface area contributed by atoms with E-state index in [9.17, 15) is 0 Å². The van der Waals surface area contributed by atoms with Crippen molar-refractivity contribution in [1.29, 1.82) is 0 Å². The Kier molecular flexibility index (Phi) is 10.1. The van der Waals surface area contributed by atoms with Crippen LogP contribution in [0.1, 0.15) is 43.7 Å². The van der Waals surface area contributed by atoms with Crippen molar-refractivity contribution in [3.8, 4) is 0 Å². The van der Waals surface area contributed by atoms with Gasteiger partial charge in [-0.1, -0.05) is 50.5 Å². The van der Waals surface area contributed by atoms with E-state index in [2.05, 4.69) is 45.5 Å². The van der Waals surface area contributed by atoms with Gasteiger partial charge in [0, 0.05) is 6.54 Å². The maximum atomic E-state index is 5.90. The summed E-state index contributed by atoms with van der Waals surface area (Å²) >= 11 is 0. The van der Waals surface area contributed by atoms with E-state index < -0.39 is 0 Å². The summed E-state index contributed by atoms with van der Waals surface area (Å²) in [5, 5.41) is 7.29. The monoisotopic (exact) mass is 442 g/mol. The third-order valence-electron chi connectivity index (χ3n) is 3.57. The van der Waals surface area contributed by atoms with E-state index in [1.165, 1.54) is 24.8 Å². The molecule has 0 fully saturated rings. The number of halogens is 1. The molecule has 1 heterocycles. The van der Waals surface area contributed by atoms with E-state index in [0.29, 0.717) is 19.0 Å². The fourth-order valence-electron chi connectivity index (χ4n) is 2.33. The van der Waals surface area contributed by atoms with Gasteiger partial charge in [-0.2, -0.15) is 5.10 Å². The van der Waals surface area contributed by atoms with Gasteiger partial charge in [0.1, 0.15) is 12.7 Å². The van der Waals surface area contributed by atoms with Crippen LogP contribution in [0.5, 0.6) is 0 Å². The summed E-state index contributed by atoms with van der Waals surface area (Å²) in [5.41, 5.74) is 8.21. The minimum absolute atomic E-state index is 0. The molecule has 1 aromatic heterocycles. The molecule has 0 amide bonds. The van der Waals surface area contributed by atoms with E-state index in [-0.39, 0.29) is 24.0 Å². The first-order valence-electron chi connectivity index (χ1n) is 8.22. The number of nitrogens with two attached hydrogens (primary N) is 1. The number of benzene rings is 1. The van der Waals surface area contributed by atoms with Gasteiger partial charge in [0.15, 0.2) is 5.96 Å². The Morgan fingerprint density at radius 3 is 2.83 bits per heavy atom. The molecule has 0 aliphatic heterocycles. The number of unbranched alkanes of at least 4 members (excludes halogenated alkanes) is 3.